The van der Waals surface area contributed by atoms with E-state index in [9.17, 15) is 13.2 Å². The summed E-state index contributed by atoms with van der Waals surface area (Å²) in [4.78, 5) is 14.0. The third kappa shape index (κ3) is 2.45. The Morgan fingerprint density at radius 1 is 1.25 bits per heavy atom. The minimum absolute atomic E-state index is 0.0294. The summed E-state index contributed by atoms with van der Waals surface area (Å²) in [7, 11) is -3.00. The van der Waals surface area contributed by atoms with Crippen LogP contribution in [-0.2, 0) is 14.6 Å². The molecule has 0 aromatic heterocycles. The second-order valence-electron chi connectivity index (χ2n) is 5.40. The van der Waals surface area contributed by atoms with Crippen LogP contribution in [0.4, 0.5) is 0 Å². The first-order valence-corrected chi connectivity index (χ1v) is 8.58. The molecule has 2 aliphatic rings. The maximum Gasteiger partial charge on any atom is 0.245 e. The zero-order chi connectivity index (χ0) is 14.2. The molecule has 1 aromatic carbocycles. The van der Waals surface area contributed by atoms with Gasteiger partial charge in [0.25, 0.3) is 0 Å². The van der Waals surface area contributed by atoms with Gasteiger partial charge in [-0.2, -0.15) is 0 Å². The quantitative estimate of drug-likeness (QED) is 0.891. The van der Waals surface area contributed by atoms with Gasteiger partial charge in [-0.3, -0.25) is 10.1 Å². The number of hydrogen-bond acceptors (Lipinski definition) is 4. The zero-order valence-corrected chi connectivity index (χ0v) is 12.0. The maximum atomic E-state index is 12.4. The summed E-state index contributed by atoms with van der Waals surface area (Å²) in [6.07, 6.45) is 1.38. The number of carbonyl (C=O) groups excluding carboxylic acids is 1. The van der Waals surface area contributed by atoms with Gasteiger partial charge in [-0.15, -0.1) is 0 Å². The molecule has 1 N–H and O–H groups in total. The highest BCUT2D eigenvalue weighted by atomic mass is 32.2. The minimum Gasteiger partial charge on any atom is -0.327 e. The van der Waals surface area contributed by atoms with Crippen molar-refractivity contribution in [2.24, 2.45) is 0 Å². The number of sulfone groups is 1. The lowest BCUT2D eigenvalue weighted by molar-refractivity contribution is -0.129. The molecule has 3 rings (SSSR count). The summed E-state index contributed by atoms with van der Waals surface area (Å²) >= 11 is 0. The van der Waals surface area contributed by atoms with E-state index in [1.54, 1.807) is 4.90 Å². The average Bonchev–Trinajstić information content (AvgIpc) is 2.95. The highest BCUT2D eigenvalue weighted by molar-refractivity contribution is 7.92. The molecule has 2 aliphatic heterocycles. The van der Waals surface area contributed by atoms with Gasteiger partial charge in [0.05, 0.1) is 17.7 Å². The first kappa shape index (κ1) is 13.6. The normalized spacial score (nSPS) is 29.0. The van der Waals surface area contributed by atoms with Gasteiger partial charge >= 0.3 is 0 Å². The van der Waals surface area contributed by atoms with Crippen molar-refractivity contribution < 1.29 is 13.2 Å². The molecule has 2 atom stereocenters. The smallest absolute Gasteiger partial charge is 0.245 e. The molecule has 2 heterocycles. The Bertz CT molecular complexity index is 600. The second kappa shape index (κ2) is 5.18. The molecule has 1 amide bonds. The molecular formula is C14H18N2O3S. The molecule has 108 valence electrons. The topological polar surface area (TPSA) is 66.5 Å². The molecule has 1 aromatic rings. The van der Waals surface area contributed by atoms with Crippen molar-refractivity contribution in [3.8, 4) is 0 Å². The molecule has 0 spiro atoms. The molecule has 2 unspecified atom stereocenters. The molecule has 0 saturated carbocycles. The second-order valence-corrected chi connectivity index (χ2v) is 7.80. The SMILES string of the molecule is O=C1C(c2ccccc2)NCN1CC1CCCS1(=O)=O. The Morgan fingerprint density at radius 3 is 2.65 bits per heavy atom. The van der Waals surface area contributed by atoms with E-state index >= 15 is 0 Å². The zero-order valence-electron chi connectivity index (χ0n) is 11.2. The van der Waals surface area contributed by atoms with Gasteiger partial charge in [0, 0.05) is 6.54 Å². The summed E-state index contributed by atoms with van der Waals surface area (Å²) in [5, 5.41) is 2.77. The highest BCUT2D eigenvalue weighted by Gasteiger charge is 2.38. The van der Waals surface area contributed by atoms with Crippen LogP contribution in [0.15, 0.2) is 30.3 Å². The van der Waals surface area contributed by atoms with E-state index in [-0.39, 0.29) is 23.0 Å². The van der Waals surface area contributed by atoms with E-state index in [0.717, 1.165) is 5.56 Å². The summed E-state index contributed by atoms with van der Waals surface area (Å²) < 4.78 is 23.7. The van der Waals surface area contributed by atoms with E-state index in [1.807, 2.05) is 30.3 Å². The summed E-state index contributed by atoms with van der Waals surface area (Å²) in [5.74, 6) is 0.230. The largest absolute Gasteiger partial charge is 0.327 e. The van der Waals surface area contributed by atoms with Crippen LogP contribution in [0.1, 0.15) is 24.4 Å². The average molecular weight is 294 g/mol. The van der Waals surface area contributed by atoms with E-state index in [4.69, 9.17) is 0 Å². The molecule has 2 saturated heterocycles. The van der Waals surface area contributed by atoms with Crippen molar-refractivity contribution in [2.45, 2.75) is 24.1 Å². The third-order valence-electron chi connectivity index (χ3n) is 4.06. The fraction of sp³-hybridized carbons (Fsp3) is 0.500. The number of benzene rings is 1. The Balaban J connectivity index is 1.70. The van der Waals surface area contributed by atoms with Gasteiger partial charge in [-0.05, 0) is 18.4 Å². The van der Waals surface area contributed by atoms with Crippen LogP contribution in [0.2, 0.25) is 0 Å². The van der Waals surface area contributed by atoms with Crippen LogP contribution in [0.25, 0.3) is 0 Å². The van der Waals surface area contributed by atoms with Crippen molar-refractivity contribution in [3.63, 3.8) is 0 Å². The van der Waals surface area contributed by atoms with Crippen LogP contribution < -0.4 is 5.32 Å². The highest BCUT2D eigenvalue weighted by Crippen LogP contribution is 2.25. The molecule has 20 heavy (non-hydrogen) atoms. The summed E-state index contributed by atoms with van der Waals surface area (Å²) in [6.45, 7) is 0.738. The summed E-state index contributed by atoms with van der Waals surface area (Å²) in [6, 6.07) is 9.17. The van der Waals surface area contributed by atoms with Crippen LogP contribution in [0.5, 0.6) is 0 Å². The lowest BCUT2D eigenvalue weighted by atomic mass is 10.1. The van der Waals surface area contributed by atoms with Crippen LogP contribution >= 0.6 is 0 Å². The third-order valence-corrected chi connectivity index (χ3v) is 6.32. The Hall–Kier alpha value is -1.40. The van der Waals surface area contributed by atoms with Crippen molar-refractivity contribution in [1.82, 2.24) is 10.2 Å². The van der Waals surface area contributed by atoms with E-state index in [0.29, 0.717) is 26.1 Å². The number of rotatable bonds is 3. The lowest BCUT2D eigenvalue weighted by Crippen LogP contribution is -2.36. The van der Waals surface area contributed by atoms with Gasteiger partial charge in [-0.1, -0.05) is 30.3 Å². The Morgan fingerprint density at radius 2 is 2.00 bits per heavy atom. The first-order valence-electron chi connectivity index (χ1n) is 6.86. The Kier molecular flexibility index (Phi) is 3.52. The standard InChI is InChI=1S/C14H18N2O3S/c17-14-13(11-5-2-1-3-6-11)15-10-16(14)9-12-7-4-8-20(12,18)19/h1-3,5-6,12-13,15H,4,7-10H2. The first-order chi connectivity index (χ1) is 9.58. The van der Waals surface area contributed by atoms with Crippen molar-refractivity contribution in [3.05, 3.63) is 35.9 Å². The van der Waals surface area contributed by atoms with Crippen molar-refractivity contribution in [1.29, 1.82) is 0 Å². The predicted molar refractivity (Wildman–Crippen MR) is 75.7 cm³/mol. The van der Waals surface area contributed by atoms with Gasteiger partial charge in [0.2, 0.25) is 5.91 Å². The fourth-order valence-electron chi connectivity index (χ4n) is 2.92. The van der Waals surface area contributed by atoms with Crippen LogP contribution in [-0.4, -0.2) is 43.4 Å². The molecule has 0 radical (unpaired) electrons. The Labute approximate surface area is 118 Å². The van der Waals surface area contributed by atoms with E-state index in [2.05, 4.69) is 5.32 Å². The molecule has 0 aliphatic carbocycles. The number of nitrogens with one attached hydrogen (secondary N) is 1. The molecule has 6 heteroatoms. The van der Waals surface area contributed by atoms with Crippen molar-refractivity contribution >= 4 is 15.7 Å². The number of hydrogen-bond donors (Lipinski definition) is 1. The van der Waals surface area contributed by atoms with Gasteiger partial charge in [0.15, 0.2) is 9.84 Å². The summed E-state index contributed by atoms with van der Waals surface area (Å²) in [5.41, 5.74) is 0.925. The van der Waals surface area contributed by atoms with Gasteiger partial charge < -0.3 is 4.90 Å². The minimum atomic E-state index is -3.00. The van der Waals surface area contributed by atoms with Crippen molar-refractivity contribution in [2.75, 3.05) is 19.0 Å². The molecule has 5 nitrogen and oxygen atoms in total. The molecular weight excluding hydrogens is 276 g/mol. The fourth-order valence-corrected chi connectivity index (χ4v) is 4.75. The van der Waals surface area contributed by atoms with E-state index < -0.39 is 9.84 Å². The van der Waals surface area contributed by atoms with Gasteiger partial charge in [-0.25, -0.2) is 8.42 Å². The van der Waals surface area contributed by atoms with E-state index in [1.165, 1.54) is 0 Å². The number of nitrogens with zero attached hydrogens (tertiary/aromatic N) is 1. The number of carbonyl (C=O) groups is 1. The van der Waals surface area contributed by atoms with Crippen LogP contribution in [0, 0.1) is 0 Å². The lowest BCUT2D eigenvalue weighted by Gasteiger charge is -2.19. The molecule has 0 bridgehead atoms. The maximum absolute atomic E-state index is 12.4. The molecule has 2 fully saturated rings. The predicted octanol–water partition coefficient (Wildman–Crippen LogP) is 0.694. The monoisotopic (exact) mass is 294 g/mol. The number of amides is 1. The van der Waals surface area contributed by atoms with Gasteiger partial charge in [0.1, 0.15) is 6.04 Å². The van der Waals surface area contributed by atoms with Crippen LogP contribution in [0.3, 0.4) is 0 Å².